The van der Waals surface area contributed by atoms with Crippen molar-refractivity contribution in [2.24, 2.45) is 0 Å². The fraction of sp³-hybridized carbons (Fsp3) is 0.550. The van der Waals surface area contributed by atoms with Gasteiger partial charge in [-0.25, -0.2) is 9.59 Å². The van der Waals surface area contributed by atoms with Crippen LogP contribution in [0.15, 0.2) is 24.3 Å². The van der Waals surface area contributed by atoms with E-state index in [0.29, 0.717) is 31.8 Å². The number of carboxylic acid groups (broad SMARTS) is 1. The number of nitrogens with one attached hydrogen (secondary N) is 1. The molecule has 3 aliphatic heterocycles. The number of nitrogens with zero attached hydrogens (tertiary/aromatic N) is 2. The first-order valence-corrected chi connectivity index (χ1v) is 9.87. The van der Waals surface area contributed by atoms with Crippen molar-refractivity contribution in [2.45, 2.75) is 31.2 Å². The second-order valence-electron chi connectivity index (χ2n) is 8.43. The van der Waals surface area contributed by atoms with E-state index in [1.165, 1.54) is 0 Å². The number of aliphatic carboxylic acids is 1. The van der Waals surface area contributed by atoms with E-state index in [1.807, 2.05) is 18.7 Å². The van der Waals surface area contributed by atoms with Crippen LogP contribution in [-0.4, -0.2) is 84.7 Å². The lowest BCUT2D eigenvalue weighted by molar-refractivity contribution is -0.206. The number of cyclic esters (lactones) is 1. The van der Waals surface area contributed by atoms with Gasteiger partial charge in [0, 0.05) is 30.9 Å². The molecule has 176 valence electrons. The Morgan fingerprint density at radius 2 is 1.72 bits per heavy atom. The van der Waals surface area contributed by atoms with Crippen molar-refractivity contribution in [1.29, 1.82) is 0 Å². The molecule has 3 saturated heterocycles. The van der Waals surface area contributed by atoms with Crippen molar-refractivity contribution in [2.75, 3.05) is 44.2 Å². The minimum atomic E-state index is -5.08. The molecule has 0 saturated carbocycles. The summed E-state index contributed by atoms with van der Waals surface area (Å²) in [6, 6.07) is 7.15. The molecule has 3 fully saturated rings. The number of anilines is 1. The Morgan fingerprint density at radius 1 is 1.12 bits per heavy atom. The molecule has 3 heterocycles. The van der Waals surface area contributed by atoms with E-state index in [0.717, 1.165) is 18.8 Å². The summed E-state index contributed by atoms with van der Waals surface area (Å²) in [5.74, 6) is -2.76. The highest BCUT2D eigenvalue weighted by Crippen LogP contribution is 2.32. The molecule has 0 aliphatic carbocycles. The van der Waals surface area contributed by atoms with Crippen molar-refractivity contribution in [3.63, 3.8) is 0 Å². The molecule has 1 spiro atoms. The maximum absolute atomic E-state index is 13.0. The zero-order valence-electron chi connectivity index (χ0n) is 17.6. The molecule has 9 nitrogen and oxygen atoms in total. The molecule has 0 radical (unpaired) electrons. The number of morpholine rings is 1. The Hall–Kier alpha value is -2.86. The maximum atomic E-state index is 13.0. The predicted molar refractivity (Wildman–Crippen MR) is 105 cm³/mol. The number of ether oxygens (including phenoxy) is 2. The molecule has 3 aliphatic rings. The molecule has 0 atom stereocenters. The van der Waals surface area contributed by atoms with Crippen molar-refractivity contribution >= 4 is 23.7 Å². The smallest absolute Gasteiger partial charge is 0.475 e. The summed E-state index contributed by atoms with van der Waals surface area (Å²) in [5, 5.41) is 10.4. The normalized spacial score (nSPS) is 21.3. The summed E-state index contributed by atoms with van der Waals surface area (Å²) < 4.78 is 42.9. The fourth-order valence-corrected chi connectivity index (χ4v) is 3.84. The third-order valence-electron chi connectivity index (χ3n) is 5.15. The topological polar surface area (TPSA) is 108 Å². The van der Waals surface area contributed by atoms with Gasteiger partial charge in [0.25, 0.3) is 5.91 Å². The van der Waals surface area contributed by atoms with Crippen molar-refractivity contribution < 1.29 is 42.1 Å². The zero-order chi connectivity index (χ0) is 23.7. The van der Waals surface area contributed by atoms with E-state index in [-0.39, 0.29) is 23.2 Å². The second-order valence-corrected chi connectivity index (χ2v) is 8.43. The van der Waals surface area contributed by atoms with Crippen LogP contribution >= 0.6 is 0 Å². The first-order valence-electron chi connectivity index (χ1n) is 9.87. The number of alkyl halides is 3. The molecule has 0 unspecified atom stereocenters. The fourth-order valence-electron chi connectivity index (χ4n) is 3.84. The second kappa shape index (κ2) is 8.58. The Balaban J connectivity index is 0.000000360. The quantitative estimate of drug-likeness (QED) is 0.695. The molecule has 2 N–H and O–H groups in total. The number of carboxylic acids is 1. The largest absolute Gasteiger partial charge is 0.490 e. The van der Waals surface area contributed by atoms with Crippen LogP contribution in [0.2, 0.25) is 0 Å². The molecule has 1 aromatic rings. The van der Waals surface area contributed by atoms with Crippen LogP contribution in [0.5, 0.6) is 0 Å². The molecule has 0 aromatic heterocycles. The molecule has 1 aromatic carbocycles. The number of halogens is 3. The van der Waals surface area contributed by atoms with Crippen LogP contribution in [0.1, 0.15) is 24.2 Å². The third kappa shape index (κ3) is 5.30. The van der Waals surface area contributed by atoms with E-state index in [1.54, 1.807) is 29.2 Å². The Morgan fingerprint density at radius 3 is 2.16 bits per heavy atom. The summed E-state index contributed by atoms with van der Waals surface area (Å²) >= 11 is 0. The number of hydrogen-bond donors (Lipinski definition) is 2. The minimum Gasteiger partial charge on any atom is -0.475 e. The van der Waals surface area contributed by atoms with Crippen molar-refractivity contribution in [3.8, 4) is 0 Å². The van der Waals surface area contributed by atoms with Crippen molar-refractivity contribution in [3.05, 3.63) is 29.8 Å². The average molecular weight is 459 g/mol. The van der Waals surface area contributed by atoms with Crippen LogP contribution < -0.4 is 10.2 Å². The molecular weight excluding hydrogens is 435 g/mol. The number of amides is 2. The Labute approximate surface area is 182 Å². The van der Waals surface area contributed by atoms with Crippen LogP contribution in [0.3, 0.4) is 0 Å². The summed E-state index contributed by atoms with van der Waals surface area (Å²) in [7, 11) is 0. The zero-order valence-corrected chi connectivity index (χ0v) is 17.6. The Kier molecular flexibility index (Phi) is 6.38. The first kappa shape index (κ1) is 23.8. The minimum absolute atomic E-state index is 0.00167. The van der Waals surface area contributed by atoms with Gasteiger partial charge in [-0.2, -0.15) is 13.2 Å². The van der Waals surface area contributed by atoms with Gasteiger partial charge in [0.15, 0.2) is 0 Å². The lowest BCUT2D eigenvalue weighted by Gasteiger charge is -2.54. The highest BCUT2D eigenvalue weighted by Gasteiger charge is 2.49. The summed E-state index contributed by atoms with van der Waals surface area (Å²) in [6.07, 6.45) is -5.42. The average Bonchev–Trinajstić information content (AvgIpc) is 3.11. The molecule has 12 heteroatoms. The molecular formula is C20H24F3N3O6. The van der Waals surface area contributed by atoms with Gasteiger partial charge in [-0.05, 0) is 38.1 Å². The third-order valence-corrected chi connectivity index (χ3v) is 5.15. The predicted octanol–water partition coefficient (Wildman–Crippen LogP) is 1.87. The van der Waals surface area contributed by atoms with Gasteiger partial charge in [0.05, 0.1) is 18.7 Å². The summed E-state index contributed by atoms with van der Waals surface area (Å²) in [6.45, 7) is 7.70. The van der Waals surface area contributed by atoms with Crippen LogP contribution in [0.25, 0.3) is 0 Å². The highest BCUT2D eigenvalue weighted by molar-refractivity contribution is 5.96. The van der Waals surface area contributed by atoms with Crippen LogP contribution in [0, 0.1) is 0 Å². The van der Waals surface area contributed by atoms with Gasteiger partial charge < -0.3 is 24.8 Å². The van der Waals surface area contributed by atoms with E-state index in [9.17, 15) is 22.8 Å². The first-order chi connectivity index (χ1) is 14.8. The number of benzene rings is 1. The van der Waals surface area contributed by atoms with Gasteiger partial charge in [-0.15, -0.1) is 0 Å². The number of hydrogen-bond acceptors (Lipinski definition) is 6. The molecule has 4 rings (SSSR count). The van der Waals surface area contributed by atoms with E-state index in [4.69, 9.17) is 19.4 Å². The summed E-state index contributed by atoms with van der Waals surface area (Å²) in [5.41, 5.74) is 0.740. The maximum Gasteiger partial charge on any atom is 0.490 e. The van der Waals surface area contributed by atoms with E-state index >= 15 is 0 Å². The van der Waals surface area contributed by atoms with Gasteiger partial charge in [-0.1, -0.05) is 0 Å². The lowest BCUT2D eigenvalue weighted by Crippen LogP contribution is -2.73. The molecule has 2 amide bonds. The van der Waals surface area contributed by atoms with Gasteiger partial charge in [-0.3, -0.25) is 9.69 Å². The van der Waals surface area contributed by atoms with Crippen LogP contribution in [0.4, 0.5) is 23.7 Å². The van der Waals surface area contributed by atoms with Gasteiger partial charge in [0.1, 0.15) is 12.2 Å². The van der Waals surface area contributed by atoms with Gasteiger partial charge >= 0.3 is 18.2 Å². The number of carbonyl (C=O) groups is 3. The number of carbonyl (C=O) groups excluding carboxylic acids is 2. The van der Waals surface area contributed by atoms with Gasteiger partial charge in [0.2, 0.25) is 0 Å². The monoisotopic (exact) mass is 459 g/mol. The summed E-state index contributed by atoms with van der Waals surface area (Å²) in [4.78, 5) is 36.9. The molecule has 32 heavy (non-hydrogen) atoms. The lowest BCUT2D eigenvalue weighted by atomic mass is 9.90. The molecule has 0 bridgehead atoms. The van der Waals surface area contributed by atoms with Crippen LogP contribution in [-0.2, 0) is 14.3 Å². The standard InChI is InChI=1S/C18H23N3O4.C2HF3O2/c1-17(2)11-20(12-18(25-17)9-19-10-18)15(22)13-3-5-14(6-4-13)21-7-8-24-16(21)23;3-2(4,5)1(6)7/h3-6,19H,7-12H2,1-2H3;(H,6,7). The van der Waals surface area contributed by atoms with E-state index < -0.39 is 12.1 Å². The number of rotatable bonds is 2. The van der Waals surface area contributed by atoms with Crippen molar-refractivity contribution in [1.82, 2.24) is 10.2 Å². The van der Waals surface area contributed by atoms with E-state index in [2.05, 4.69) is 5.32 Å². The SMILES string of the molecule is CC1(C)CN(C(=O)c2ccc(N3CCOC3=O)cc2)CC2(CNC2)O1.O=C(O)C(F)(F)F. The highest BCUT2D eigenvalue weighted by atomic mass is 19.4. The Bertz CT molecular complexity index is 884.